The first-order valence-electron chi connectivity index (χ1n) is 11.2. The fraction of sp³-hybridized carbons (Fsp3) is 0.458. The van der Waals surface area contributed by atoms with Crippen molar-refractivity contribution < 1.29 is 14.4 Å². The van der Waals surface area contributed by atoms with Gasteiger partial charge in [-0.25, -0.2) is 0 Å². The van der Waals surface area contributed by atoms with E-state index >= 15 is 0 Å². The highest BCUT2D eigenvalue weighted by molar-refractivity contribution is 7.15. The highest BCUT2D eigenvalue weighted by Gasteiger charge is 2.58. The van der Waals surface area contributed by atoms with Gasteiger partial charge in [0.2, 0.25) is 22.9 Å². The Hall–Kier alpha value is -2.87. The first kappa shape index (κ1) is 21.0. The quantitative estimate of drug-likeness (QED) is 0.532. The Balaban J connectivity index is 1.41. The molecule has 166 valence electrons. The summed E-state index contributed by atoms with van der Waals surface area (Å²) in [5, 5.41) is 12.2. The van der Waals surface area contributed by atoms with Crippen LogP contribution in [0.5, 0.6) is 0 Å². The van der Waals surface area contributed by atoms with Crippen LogP contribution >= 0.6 is 11.3 Å². The number of carbonyl (C=O) groups is 3. The van der Waals surface area contributed by atoms with Gasteiger partial charge in [-0.05, 0) is 30.2 Å². The molecule has 3 aliphatic carbocycles. The van der Waals surface area contributed by atoms with Gasteiger partial charge in [0.15, 0.2) is 0 Å². The van der Waals surface area contributed by atoms with Gasteiger partial charge in [-0.3, -0.25) is 19.3 Å². The Morgan fingerprint density at radius 2 is 1.69 bits per heavy atom. The van der Waals surface area contributed by atoms with Gasteiger partial charge in [0.1, 0.15) is 5.01 Å². The van der Waals surface area contributed by atoms with E-state index in [1.54, 1.807) is 0 Å². The van der Waals surface area contributed by atoms with Crippen LogP contribution in [-0.4, -0.2) is 32.8 Å². The molecule has 3 amide bonds. The maximum Gasteiger partial charge on any atom is 0.234 e. The number of hydrogen-bond donors (Lipinski definition) is 1. The largest absolute Gasteiger partial charge is 0.300 e. The maximum atomic E-state index is 13.5. The van der Waals surface area contributed by atoms with Crippen LogP contribution in [0.4, 0.5) is 5.13 Å². The average Bonchev–Trinajstić information content (AvgIpc) is 3.38. The van der Waals surface area contributed by atoms with Crippen molar-refractivity contribution in [2.45, 2.75) is 45.1 Å². The standard InChI is InChI=1S/C24H26N4O3S/c1-13(2)21-26-27-24(32-21)25-18(29)12-17(14-6-4-3-5-7-14)28-22(30)19-15-8-9-16(11-10-15)20(19)23(28)31/h3-9,13,15-17,19-20H,10-12H2,1-2H3,(H,25,27,29)/t15-,16-,17+,19-,20+/m0/s1. The second kappa shape index (κ2) is 8.24. The molecular weight excluding hydrogens is 424 g/mol. The smallest absolute Gasteiger partial charge is 0.234 e. The number of carbonyl (C=O) groups excluding carboxylic acids is 3. The number of nitrogens with one attached hydrogen (secondary N) is 1. The van der Waals surface area contributed by atoms with Crippen molar-refractivity contribution in [3.63, 3.8) is 0 Å². The molecule has 1 aromatic carbocycles. The lowest BCUT2D eigenvalue weighted by Crippen LogP contribution is -2.38. The number of imide groups is 1. The van der Waals surface area contributed by atoms with Gasteiger partial charge < -0.3 is 5.32 Å². The Kier molecular flexibility index (Phi) is 5.41. The molecule has 2 heterocycles. The van der Waals surface area contributed by atoms with Gasteiger partial charge in [0.25, 0.3) is 0 Å². The summed E-state index contributed by atoms with van der Waals surface area (Å²) in [6.07, 6.45) is 6.09. The summed E-state index contributed by atoms with van der Waals surface area (Å²) in [6.45, 7) is 4.03. The molecule has 1 N–H and O–H groups in total. The highest BCUT2D eigenvalue weighted by atomic mass is 32.1. The summed E-state index contributed by atoms with van der Waals surface area (Å²) in [6, 6.07) is 8.71. The number of allylic oxidation sites excluding steroid dienone is 2. The number of likely N-dealkylation sites (tertiary alicyclic amines) is 1. The molecule has 2 aromatic rings. The molecule has 0 spiro atoms. The molecule has 0 radical (unpaired) electrons. The van der Waals surface area contributed by atoms with Crippen LogP contribution in [0.25, 0.3) is 0 Å². The Labute approximate surface area is 190 Å². The number of aromatic nitrogens is 2. The minimum atomic E-state index is -0.640. The maximum absolute atomic E-state index is 13.5. The second-order valence-corrected chi connectivity index (χ2v) is 10.2. The van der Waals surface area contributed by atoms with Crippen molar-refractivity contribution in [1.82, 2.24) is 15.1 Å². The lowest BCUT2D eigenvalue weighted by molar-refractivity contribution is -0.143. The van der Waals surface area contributed by atoms with Crippen molar-refractivity contribution >= 4 is 34.2 Å². The van der Waals surface area contributed by atoms with Crippen LogP contribution < -0.4 is 5.32 Å². The van der Waals surface area contributed by atoms with E-state index in [1.807, 2.05) is 44.2 Å². The summed E-state index contributed by atoms with van der Waals surface area (Å²) < 4.78 is 0. The van der Waals surface area contributed by atoms with E-state index in [1.165, 1.54) is 16.2 Å². The molecular formula is C24H26N4O3S. The third-order valence-corrected chi connectivity index (χ3v) is 7.99. The molecule has 8 heteroatoms. The van der Waals surface area contributed by atoms with Crippen molar-refractivity contribution in [1.29, 1.82) is 0 Å². The zero-order valence-electron chi connectivity index (χ0n) is 18.1. The number of benzene rings is 1. The molecule has 2 fully saturated rings. The predicted octanol–water partition coefficient (Wildman–Crippen LogP) is 3.93. The van der Waals surface area contributed by atoms with E-state index in [9.17, 15) is 14.4 Å². The molecule has 4 aliphatic rings. The van der Waals surface area contributed by atoms with Gasteiger partial charge in [-0.2, -0.15) is 0 Å². The minimum Gasteiger partial charge on any atom is -0.300 e. The molecule has 32 heavy (non-hydrogen) atoms. The summed E-state index contributed by atoms with van der Waals surface area (Å²) in [5.74, 6) is -0.698. The van der Waals surface area contributed by atoms with Crippen LogP contribution in [0.15, 0.2) is 42.5 Å². The monoisotopic (exact) mass is 450 g/mol. The van der Waals surface area contributed by atoms with Gasteiger partial charge >= 0.3 is 0 Å². The molecule has 1 aliphatic heterocycles. The van der Waals surface area contributed by atoms with Crippen molar-refractivity contribution in [3.05, 3.63) is 53.1 Å². The second-order valence-electron chi connectivity index (χ2n) is 9.17. The fourth-order valence-electron chi connectivity index (χ4n) is 5.30. The van der Waals surface area contributed by atoms with Crippen LogP contribution in [0.1, 0.15) is 55.6 Å². The first-order chi connectivity index (χ1) is 15.4. The van der Waals surface area contributed by atoms with E-state index in [0.717, 1.165) is 23.4 Å². The summed E-state index contributed by atoms with van der Waals surface area (Å²) >= 11 is 1.34. The Bertz CT molecular complexity index is 1050. The van der Waals surface area contributed by atoms with Crippen molar-refractivity contribution in [2.75, 3.05) is 5.32 Å². The zero-order chi connectivity index (χ0) is 22.4. The molecule has 0 unspecified atom stereocenters. The van der Waals surface area contributed by atoms with Gasteiger partial charge in [0.05, 0.1) is 24.3 Å². The first-order valence-corrected chi connectivity index (χ1v) is 12.0. The van der Waals surface area contributed by atoms with Crippen LogP contribution in [0, 0.1) is 23.7 Å². The van der Waals surface area contributed by atoms with Crippen LogP contribution in [-0.2, 0) is 14.4 Å². The normalized spacial score (nSPS) is 27.2. The molecule has 1 saturated heterocycles. The molecule has 6 rings (SSSR count). The summed E-state index contributed by atoms with van der Waals surface area (Å²) in [7, 11) is 0. The van der Waals surface area contributed by atoms with E-state index in [-0.39, 0.29) is 53.7 Å². The van der Waals surface area contributed by atoms with Crippen LogP contribution in [0.2, 0.25) is 0 Å². The Morgan fingerprint density at radius 3 is 2.22 bits per heavy atom. The lowest BCUT2D eigenvalue weighted by atomic mass is 9.63. The third-order valence-electron chi connectivity index (χ3n) is 6.85. The van der Waals surface area contributed by atoms with Gasteiger partial charge in [0, 0.05) is 5.92 Å². The van der Waals surface area contributed by atoms with Crippen LogP contribution in [0.3, 0.4) is 0 Å². The minimum absolute atomic E-state index is 0.0136. The van der Waals surface area contributed by atoms with Crippen molar-refractivity contribution in [2.24, 2.45) is 23.7 Å². The molecule has 1 aromatic heterocycles. The topological polar surface area (TPSA) is 92.3 Å². The van der Waals surface area contributed by atoms with E-state index in [4.69, 9.17) is 0 Å². The number of rotatable bonds is 6. The van der Waals surface area contributed by atoms with E-state index < -0.39 is 6.04 Å². The van der Waals surface area contributed by atoms with Crippen molar-refractivity contribution in [3.8, 4) is 0 Å². The summed E-state index contributed by atoms with van der Waals surface area (Å²) in [5.41, 5.74) is 0.781. The third kappa shape index (κ3) is 3.56. The average molecular weight is 451 g/mol. The molecule has 5 atom stereocenters. The van der Waals surface area contributed by atoms with E-state index in [0.29, 0.717) is 5.13 Å². The van der Waals surface area contributed by atoms with Gasteiger partial charge in [-0.15, -0.1) is 10.2 Å². The SMILES string of the molecule is CC(C)c1nnc(NC(=O)C[C@H](c2ccccc2)N2C(=O)[C@@H]3[C@H](C2=O)[C@H]2C=C[C@H]3CC2)s1. The number of hydrogen-bond acceptors (Lipinski definition) is 6. The molecule has 2 bridgehead atoms. The number of anilines is 1. The lowest BCUT2D eigenvalue weighted by Gasteiger charge is -2.38. The number of fused-ring (bicyclic) bond motifs is 1. The predicted molar refractivity (Wildman–Crippen MR) is 121 cm³/mol. The van der Waals surface area contributed by atoms with E-state index in [2.05, 4.69) is 27.7 Å². The fourth-order valence-corrected chi connectivity index (χ4v) is 6.06. The number of amides is 3. The molecule has 7 nitrogen and oxygen atoms in total. The van der Waals surface area contributed by atoms with Gasteiger partial charge in [-0.1, -0.05) is 67.7 Å². The summed E-state index contributed by atoms with van der Waals surface area (Å²) in [4.78, 5) is 41.3. The molecule has 1 saturated carbocycles. The zero-order valence-corrected chi connectivity index (χ0v) is 18.9. The number of nitrogens with zero attached hydrogens (tertiary/aromatic N) is 3. The highest BCUT2D eigenvalue weighted by Crippen LogP contribution is 2.51. The Morgan fingerprint density at radius 1 is 1.06 bits per heavy atom.